The van der Waals surface area contributed by atoms with Crippen molar-refractivity contribution in [2.45, 2.75) is 26.1 Å². The molecule has 1 nitrogen and oxygen atoms in total. The fourth-order valence-electron chi connectivity index (χ4n) is 1.86. The van der Waals surface area contributed by atoms with Crippen molar-refractivity contribution in [2.75, 3.05) is 6.61 Å². The Morgan fingerprint density at radius 1 is 1.00 bits per heavy atom. The Kier molecular flexibility index (Phi) is 16.0. The molecule has 3 aromatic carbocycles. The quantitative estimate of drug-likeness (QED) is 0.381. The van der Waals surface area contributed by atoms with E-state index in [2.05, 4.69) is 62.5 Å². The Morgan fingerprint density at radius 3 is 2.00 bits per heavy atom. The molecule has 0 amide bonds. The molecule has 3 rings (SSSR count). The van der Waals surface area contributed by atoms with Crippen LogP contribution < -0.4 is 24.8 Å². The molecule has 3 aromatic rings. The van der Waals surface area contributed by atoms with Gasteiger partial charge >= 0.3 is 72.9 Å². The number of aliphatic hydroxyl groups is 1. The Balaban J connectivity index is 0. The summed E-state index contributed by atoms with van der Waals surface area (Å²) in [6, 6.07) is 25.7. The van der Waals surface area contributed by atoms with Crippen molar-refractivity contribution >= 4 is 21.7 Å². The molecule has 0 aliphatic carbocycles. The molecule has 5 heteroatoms. The van der Waals surface area contributed by atoms with E-state index < -0.39 is 8.07 Å². The van der Waals surface area contributed by atoms with Gasteiger partial charge in [-0.05, 0) is 0 Å². The van der Waals surface area contributed by atoms with E-state index in [4.69, 9.17) is 5.11 Å². The van der Waals surface area contributed by atoms with E-state index >= 15 is 0 Å². The van der Waals surface area contributed by atoms with Crippen LogP contribution in [-0.4, -0.2) is 22.6 Å². The predicted molar refractivity (Wildman–Crippen MR) is 102 cm³/mol. The first-order valence-corrected chi connectivity index (χ1v) is 12.3. The van der Waals surface area contributed by atoms with Crippen molar-refractivity contribution in [1.29, 1.82) is 0 Å². The summed E-state index contributed by atoms with van der Waals surface area (Å²) < 4.78 is 1.61. The molecule has 0 unspecified atom stereocenters. The molecule has 0 bridgehead atoms. The molecule has 0 aliphatic heterocycles. The third-order valence-corrected chi connectivity index (χ3v) is 12.3. The summed E-state index contributed by atoms with van der Waals surface area (Å²) in [5, 5.41) is 11.3. The van der Waals surface area contributed by atoms with Crippen molar-refractivity contribution < 1.29 is 54.2 Å². The van der Waals surface area contributed by atoms with Crippen LogP contribution in [0.5, 0.6) is 0 Å². The first-order chi connectivity index (χ1) is 11.0. The molecule has 0 aromatic heterocycles. The number of benzene rings is 1. The minimum Gasteiger partial charge on any atom is -1.00 e. The number of rotatable bonds is 3. The van der Waals surface area contributed by atoms with Gasteiger partial charge in [-0.25, -0.2) is 12.1 Å². The molecule has 0 fully saturated rings. The maximum absolute atomic E-state index is 8.68. The standard InChI is InChI=1S/C9H7.C6H14OSi.C5H5.2ClH.Zr/c1-2-5-9-7-3-6-8(9)4-1;1-4-8(2,3)6-5-7;1-2-4-5-3-1;;;/h1-7H;7H,5-6H2,1-3H3;1-5H;2*1H;/q-1;;-1;;;+2/p-2. The predicted octanol–water partition coefficient (Wildman–Crippen LogP) is -1.06. The monoisotopic (exact) mass is 470 g/mol. The zero-order valence-electron chi connectivity index (χ0n) is 15.0. The third kappa shape index (κ3) is 11.1. The van der Waals surface area contributed by atoms with Gasteiger partial charge in [0.25, 0.3) is 0 Å². The van der Waals surface area contributed by atoms with Crippen LogP contribution in [0.15, 0.2) is 72.8 Å². The Morgan fingerprint density at radius 2 is 1.60 bits per heavy atom. The van der Waals surface area contributed by atoms with Gasteiger partial charge in [0.15, 0.2) is 0 Å². The number of hydrogen-bond acceptors (Lipinski definition) is 1. The van der Waals surface area contributed by atoms with Gasteiger partial charge in [-0.2, -0.15) is 35.7 Å². The zero-order valence-corrected chi connectivity index (χ0v) is 20.0. The van der Waals surface area contributed by atoms with Gasteiger partial charge in [0.1, 0.15) is 0 Å². The molecule has 25 heavy (non-hydrogen) atoms. The van der Waals surface area contributed by atoms with Crippen LogP contribution in [0.3, 0.4) is 0 Å². The number of aliphatic hydroxyl groups excluding tert-OH is 1. The van der Waals surface area contributed by atoms with Gasteiger partial charge in [-0.3, -0.25) is 0 Å². The van der Waals surface area contributed by atoms with E-state index in [9.17, 15) is 0 Å². The van der Waals surface area contributed by atoms with Gasteiger partial charge in [0, 0.05) is 0 Å². The molecule has 0 saturated carbocycles. The second-order valence-electron chi connectivity index (χ2n) is 6.10. The van der Waals surface area contributed by atoms with Crippen molar-refractivity contribution in [3.05, 3.63) is 72.8 Å². The Hall–Kier alpha value is -0.310. The molecule has 0 radical (unpaired) electrons. The average molecular weight is 473 g/mol. The van der Waals surface area contributed by atoms with E-state index in [1.807, 2.05) is 30.3 Å². The van der Waals surface area contributed by atoms with Crippen LogP contribution in [-0.2, 0) is 24.2 Å². The number of hydrogen-bond donors (Lipinski definition) is 1. The number of fused-ring (bicyclic) bond motifs is 1. The first-order valence-electron chi connectivity index (χ1n) is 7.91. The topological polar surface area (TPSA) is 20.2 Å². The fourth-order valence-corrected chi connectivity index (χ4v) is 3.71. The second-order valence-corrected chi connectivity index (χ2v) is 14.2. The van der Waals surface area contributed by atoms with Crippen molar-refractivity contribution in [3.63, 3.8) is 0 Å². The summed E-state index contributed by atoms with van der Waals surface area (Å²) in [5.74, 6) is 0. The van der Waals surface area contributed by atoms with Gasteiger partial charge in [-0.1, -0.05) is 6.07 Å². The summed E-state index contributed by atoms with van der Waals surface area (Å²) in [7, 11) is -1.07. The van der Waals surface area contributed by atoms with Crippen molar-refractivity contribution in [3.8, 4) is 0 Å². The SMILES string of the molecule is C[C](=[Zr+2])[Si](C)(C)CCO.[Cl-].[Cl-].c1cc[cH-]c1.c1ccc2[cH-]ccc2c1. The molecule has 0 aliphatic rings. The van der Waals surface area contributed by atoms with Crippen LogP contribution in [0.4, 0.5) is 0 Å². The van der Waals surface area contributed by atoms with Crippen molar-refractivity contribution in [1.82, 2.24) is 0 Å². The minimum absolute atomic E-state index is 0. The van der Waals surface area contributed by atoms with E-state index in [1.54, 1.807) is 27.1 Å². The van der Waals surface area contributed by atoms with Crippen LogP contribution in [0.1, 0.15) is 6.92 Å². The maximum atomic E-state index is 8.68. The van der Waals surface area contributed by atoms with Crippen LogP contribution in [0, 0.1) is 0 Å². The van der Waals surface area contributed by atoms with Gasteiger partial charge in [0.05, 0.1) is 0 Å². The largest absolute Gasteiger partial charge is 1.00 e. The fraction of sp³-hybridized carbons (Fsp3) is 0.250. The molecule has 1 N–H and O–H groups in total. The van der Waals surface area contributed by atoms with E-state index in [0.29, 0.717) is 6.61 Å². The number of halogens is 2. The van der Waals surface area contributed by atoms with Crippen LogP contribution >= 0.6 is 0 Å². The summed E-state index contributed by atoms with van der Waals surface area (Å²) in [5.41, 5.74) is 0. The van der Waals surface area contributed by atoms with Gasteiger partial charge < -0.3 is 24.8 Å². The van der Waals surface area contributed by atoms with Gasteiger partial charge in [-0.15, -0.1) is 29.7 Å². The van der Waals surface area contributed by atoms with Crippen molar-refractivity contribution in [2.24, 2.45) is 0 Å². The first kappa shape index (κ1) is 26.9. The summed E-state index contributed by atoms with van der Waals surface area (Å²) >= 11 is 1.55. The minimum atomic E-state index is -1.07. The van der Waals surface area contributed by atoms with E-state index in [-0.39, 0.29) is 24.8 Å². The van der Waals surface area contributed by atoms with Crippen LogP contribution in [0.2, 0.25) is 19.1 Å². The van der Waals surface area contributed by atoms with E-state index in [1.165, 1.54) is 10.8 Å². The molecule has 0 atom stereocenters. The average Bonchev–Trinajstić information content (AvgIpc) is 3.22. The van der Waals surface area contributed by atoms with Gasteiger partial charge in [0.2, 0.25) is 0 Å². The Bertz CT molecular complexity index is 630. The smallest absolute Gasteiger partial charge is 0.0809 e. The second kappa shape index (κ2) is 14.8. The third-order valence-electron chi connectivity index (χ3n) is 3.86. The summed E-state index contributed by atoms with van der Waals surface area (Å²) in [6.45, 7) is 7.20. The Labute approximate surface area is 180 Å². The molecule has 0 heterocycles. The van der Waals surface area contributed by atoms with Crippen LogP contribution in [0.25, 0.3) is 10.8 Å². The molecule has 0 spiro atoms. The molecule has 0 saturated heterocycles. The molecular formula is C20H26Cl2OSiZr-2. The van der Waals surface area contributed by atoms with E-state index in [0.717, 1.165) is 6.04 Å². The summed E-state index contributed by atoms with van der Waals surface area (Å²) in [6.07, 6.45) is 0. The normalized spacial score (nSPS) is 9.52. The maximum Gasteiger partial charge on any atom is -0.0809 e. The zero-order chi connectivity index (χ0) is 17.1. The molecular weight excluding hydrogens is 446 g/mol. The molecule has 136 valence electrons. The summed E-state index contributed by atoms with van der Waals surface area (Å²) in [4.78, 5) is 0.